The second-order valence-corrected chi connectivity index (χ2v) is 12.8. The van der Waals surface area contributed by atoms with Crippen molar-refractivity contribution in [3.63, 3.8) is 0 Å². The largest absolute Gasteiger partial charge is 0.396 e. The summed E-state index contributed by atoms with van der Waals surface area (Å²) in [6, 6.07) is 7.07. The number of fused-ring (bicyclic) bond motifs is 1. The number of benzene rings is 1. The third-order valence-electron chi connectivity index (χ3n) is 7.21. The van der Waals surface area contributed by atoms with E-state index >= 15 is 0 Å². The summed E-state index contributed by atoms with van der Waals surface area (Å²) in [6.45, 7) is 2.94. The molecule has 1 fully saturated rings. The number of piperidine rings is 1. The number of ether oxygens (including phenoxy) is 1. The Bertz CT molecular complexity index is 1650. The SMILES string of the molecule is CC1CN(c2ccncc2Nc2ncc3ccc(-c4c(F)cc(CCO)cc4F)nn23)CC(N)C1OCCS(C)(=O)=O. The standard InChI is InChI=1S/C28H33F2N7O4S/c1-17-15-36(16-22(31)27(17)41-9-10-42(2,39)40)25-5-7-32-14-24(25)34-28-33-13-19-3-4-23(35-37(19)28)26-20(29)11-18(6-8-38)12-21(26)30/h3-5,7,11-14,17,22,27,38H,6,8-10,15-16,31H2,1-2H3,(H,33,34). The van der Waals surface area contributed by atoms with Crippen molar-refractivity contribution in [3.8, 4) is 11.3 Å². The van der Waals surface area contributed by atoms with Crippen LogP contribution in [0.25, 0.3) is 16.8 Å². The maximum Gasteiger partial charge on any atom is 0.229 e. The Balaban J connectivity index is 1.38. The molecule has 3 aromatic heterocycles. The molecule has 1 aliphatic rings. The van der Waals surface area contributed by atoms with Crippen LogP contribution in [0.1, 0.15) is 12.5 Å². The van der Waals surface area contributed by atoms with Gasteiger partial charge in [0.2, 0.25) is 5.95 Å². The Morgan fingerprint density at radius 1 is 1.17 bits per heavy atom. The van der Waals surface area contributed by atoms with E-state index in [9.17, 15) is 17.2 Å². The number of pyridine rings is 1. The summed E-state index contributed by atoms with van der Waals surface area (Å²) in [4.78, 5) is 10.8. The number of aromatic nitrogens is 4. The van der Waals surface area contributed by atoms with Gasteiger partial charge in [0.15, 0.2) is 0 Å². The summed E-state index contributed by atoms with van der Waals surface area (Å²) in [5.41, 5.74) is 8.68. The Morgan fingerprint density at radius 3 is 2.62 bits per heavy atom. The number of imidazole rings is 1. The van der Waals surface area contributed by atoms with Crippen molar-refractivity contribution in [2.24, 2.45) is 11.7 Å². The number of nitrogens with two attached hydrogens (primary N) is 1. The maximum atomic E-state index is 14.9. The molecule has 224 valence electrons. The fourth-order valence-corrected chi connectivity index (χ4v) is 5.65. The molecule has 3 atom stereocenters. The number of nitrogens with one attached hydrogen (secondary N) is 1. The Kier molecular flexibility index (Phi) is 8.68. The maximum absolute atomic E-state index is 14.9. The molecule has 5 rings (SSSR count). The molecule has 42 heavy (non-hydrogen) atoms. The van der Waals surface area contributed by atoms with Gasteiger partial charge in [-0.25, -0.2) is 22.2 Å². The zero-order valence-corrected chi connectivity index (χ0v) is 24.1. The first kappa shape index (κ1) is 29.8. The highest BCUT2D eigenvalue weighted by Gasteiger charge is 2.34. The van der Waals surface area contributed by atoms with Gasteiger partial charge in [0, 0.05) is 44.1 Å². The highest BCUT2D eigenvalue weighted by molar-refractivity contribution is 7.90. The van der Waals surface area contributed by atoms with Gasteiger partial charge in [-0.05, 0) is 42.3 Å². The molecule has 0 radical (unpaired) electrons. The van der Waals surface area contributed by atoms with Crippen molar-refractivity contribution in [1.29, 1.82) is 0 Å². The van der Waals surface area contributed by atoms with Crippen molar-refractivity contribution in [2.45, 2.75) is 25.5 Å². The summed E-state index contributed by atoms with van der Waals surface area (Å²) in [7, 11) is -3.14. The highest BCUT2D eigenvalue weighted by Crippen LogP contribution is 2.32. The number of aliphatic hydroxyl groups is 1. The van der Waals surface area contributed by atoms with Crippen molar-refractivity contribution >= 4 is 32.7 Å². The smallest absolute Gasteiger partial charge is 0.229 e. The molecule has 0 aliphatic carbocycles. The topological polar surface area (TPSA) is 148 Å². The number of rotatable bonds is 10. The number of anilines is 3. The van der Waals surface area contributed by atoms with Crippen LogP contribution in [0.2, 0.25) is 0 Å². The first-order valence-electron chi connectivity index (χ1n) is 13.5. The summed E-state index contributed by atoms with van der Waals surface area (Å²) >= 11 is 0. The molecule has 11 nitrogen and oxygen atoms in total. The zero-order valence-electron chi connectivity index (χ0n) is 23.2. The van der Waals surface area contributed by atoms with Crippen LogP contribution < -0.4 is 16.0 Å². The van der Waals surface area contributed by atoms with E-state index in [0.717, 1.165) is 5.69 Å². The van der Waals surface area contributed by atoms with Gasteiger partial charge in [-0.2, -0.15) is 9.61 Å². The second kappa shape index (κ2) is 12.3. The molecule has 4 N–H and O–H groups in total. The van der Waals surface area contributed by atoms with Gasteiger partial charge in [-0.3, -0.25) is 4.98 Å². The van der Waals surface area contributed by atoms with Gasteiger partial charge in [0.25, 0.3) is 0 Å². The lowest BCUT2D eigenvalue weighted by atomic mass is 9.92. The third kappa shape index (κ3) is 6.51. The van der Waals surface area contributed by atoms with Gasteiger partial charge in [0.05, 0.1) is 59.0 Å². The predicted molar refractivity (Wildman–Crippen MR) is 155 cm³/mol. The Morgan fingerprint density at radius 2 is 1.93 bits per heavy atom. The lowest BCUT2D eigenvalue weighted by Gasteiger charge is -2.42. The van der Waals surface area contributed by atoms with Crippen molar-refractivity contribution < 1.29 is 27.0 Å². The molecule has 1 aliphatic heterocycles. The Hall–Kier alpha value is -3.72. The zero-order chi connectivity index (χ0) is 30.0. The minimum absolute atomic E-state index is 0.0133. The van der Waals surface area contributed by atoms with E-state index in [-0.39, 0.29) is 54.7 Å². The fourth-order valence-electron chi connectivity index (χ4n) is 5.25. The molecule has 14 heteroatoms. The summed E-state index contributed by atoms with van der Waals surface area (Å²) in [6.07, 6.45) is 5.92. The van der Waals surface area contributed by atoms with E-state index in [1.54, 1.807) is 24.7 Å². The molecule has 0 saturated carbocycles. The number of hydrogen-bond donors (Lipinski definition) is 3. The molecule has 0 spiro atoms. The number of nitrogens with zero attached hydrogens (tertiary/aromatic N) is 5. The van der Waals surface area contributed by atoms with Crippen LogP contribution in [-0.2, 0) is 21.0 Å². The Labute approximate surface area is 242 Å². The summed E-state index contributed by atoms with van der Waals surface area (Å²) in [5, 5.41) is 16.8. The lowest BCUT2D eigenvalue weighted by Crippen LogP contribution is -2.57. The molecule has 0 bridgehead atoms. The van der Waals surface area contributed by atoms with Crippen LogP contribution in [0.3, 0.4) is 0 Å². The first-order chi connectivity index (χ1) is 20.0. The number of halogens is 2. The van der Waals surface area contributed by atoms with Crippen LogP contribution >= 0.6 is 0 Å². The monoisotopic (exact) mass is 601 g/mol. The van der Waals surface area contributed by atoms with Crippen LogP contribution in [0, 0.1) is 17.6 Å². The van der Waals surface area contributed by atoms with Crippen molar-refractivity contribution in [3.05, 3.63) is 66.1 Å². The quantitative estimate of drug-likeness (QED) is 0.248. The van der Waals surface area contributed by atoms with Crippen molar-refractivity contribution in [2.75, 3.05) is 48.5 Å². The van der Waals surface area contributed by atoms with E-state index < -0.39 is 21.5 Å². The lowest BCUT2D eigenvalue weighted by molar-refractivity contribution is 0.00183. The normalized spacial score (nSPS) is 19.4. The van der Waals surface area contributed by atoms with E-state index in [1.165, 1.54) is 29.0 Å². The van der Waals surface area contributed by atoms with Gasteiger partial charge in [0.1, 0.15) is 21.5 Å². The molecule has 1 aromatic carbocycles. The molecule has 4 heterocycles. The van der Waals surface area contributed by atoms with Gasteiger partial charge >= 0.3 is 0 Å². The van der Waals surface area contributed by atoms with Gasteiger partial charge in [-0.15, -0.1) is 0 Å². The van der Waals surface area contributed by atoms with E-state index in [4.69, 9.17) is 15.6 Å². The summed E-state index contributed by atoms with van der Waals surface area (Å²) in [5.74, 6) is -1.28. The molecular weight excluding hydrogens is 568 g/mol. The van der Waals surface area contributed by atoms with Crippen LogP contribution in [-0.4, -0.2) is 83.6 Å². The molecule has 4 aromatic rings. The predicted octanol–water partition coefficient (Wildman–Crippen LogP) is 2.56. The average Bonchev–Trinajstić information content (AvgIpc) is 3.31. The molecule has 3 unspecified atom stereocenters. The van der Waals surface area contributed by atoms with Crippen molar-refractivity contribution in [1.82, 2.24) is 19.6 Å². The number of sulfone groups is 1. The minimum atomic E-state index is -3.14. The minimum Gasteiger partial charge on any atom is -0.396 e. The number of aliphatic hydroxyl groups excluding tert-OH is 1. The average molecular weight is 602 g/mol. The third-order valence-corrected chi connectivity index (χ3v) is 8.12. The fraction of sp³-hybridized carbons (Fsp3) is 0.393. The first-order valence-corrected chi connectivity index (χ1v) is 15.5. The van der Waals surface area contributed by atoms with Crippen LogP contribution in [0.5, 0.6) is 0 Å². The van der Waals surface area contributed by atoms with E-state index in [2.05, 4.69) is 25.3 Å². The summed E-state index contributed by atoms with van der Waals surface area (Å²) < 4.78 is 60.1. The molecule has 1 saturated heterocycles. The highest BCUT2D eigenvalue weighted by atomic mass is 32.2. The van der Waals surface area contributed by atoms with Gasteiger partial charge in [-0.1, -0.05) is 6.92 Å². The van der Waals surface area contributed by atoms with E-state index in [0.29, 0.717) is 35.8 Å². The molecule has 0 amide bonds. The van der Waals surface area contributed by atoms with Crippen LogP contribution in [0.4, 0.5) is 26.1 Å². The van der Waals surface area contributed by atoms with Gasteiger partial charge < -0.3 is 25.8 Å². The second-order valence-electron chi connectivity index (χ2n) is 10.6. The molecular formula is C28H33F2N7O4S. The van der Waals surface area contributed by atoms with Crippen LogP contribution in [0.15, 0.2) is 48.9 Å². The number of hydrogen-bond acceptors (Lipinski definition) is 10. The van der Waals surface area contributed by atoms with E-state index in [1.807, 2.05) is 13.0 Å².